The summed E-state index contributed by atoms with van der Waals surface area (Å²) < 4.78 is 11.5. The van der Waals surface area contributed by atoms with E-state index in [1.165, 1.54) is 0 Å². The summed E-state index contributed by atoms with van der Waals surface area (Å²) in [4.78, 5) is 14.5. The van der Waals surface area contributed by atoms with Gasteiger partial charge < -0.3 is 14.4 Å². The number of ether oxygens (including phenoxy) is 2. The summed E-state index contributed by atoms with van der Waals surface area (Å²) in [7, 11) is 1.65. The zero-order chi connectivity index (χ0) is 19.1. The van der Waals surface area contributed by atoms with Gasteiger partial charge in [-0.05, 0) is 29.7 Å². The second-order valence-corrected chi connectivity index (χ2v) is 7.79. The molecule has 0 saturated carbocycles. The molecule has 1 heterocycles. The third-order valence-electron chi connectivity index (χ3n) is 4.67. The predicted molar refractivity (Wildman–Crippen MR) is 110 cm³/mol. The molecular weight excluding hydrogens is 358 g/mol. The van der Waals surface area contributed by atoms with E-state index in [4.69, 9.17) is 9.47 Å². The zero-order valence-corrected chi connectivity index (χ0v) is 16.8. The van der Waals surface area contributed by atoms with Crippen LogP contribution < -0.4 is 9.47 Å². The number of hydrogen-bond acceptors (Lipinski definition) is 4. The van der Waals surface area contributed by atoms with Crippen molar-refractivity contribution in [3.8, 4) is 11.5 Å². The number of amides is 1. The lowest BCUT2D eigenvalue weighted by Crippen LogP contribution is -2.30. The molecule has 1 amide bonds. The molecule has 1 saturated heterocycles. The number of methoxy groups -OCH3 is 1. The Bertz CT molecular complexity index is 750. The second-order valence-electron chi connectivity index (χ2n) is 6.60. The highest BCUT2D eigenvalue weighted by atomic mass is 32.2. The molecule has 1 fully saturated rings. The number of nitrogens with zero attached hydrogens (tertiary/aromatic N) is 1. The van der Waals surface area contributed by atoms with E-state index in [9.17, 15) is 4.79 Å². The number of carbonyl (C=O) groups excluding carboxylic acids is 1. The monoisotopic (exact) mass is 385 g/mol. The number of thioether (sulfide) groups is 1. The van der Waals surface area contributed by atoms with Gasteiger partial charge in [0, 0.05) is 18.7 Å². The standard InChI is InChI=1S/C22H27NO3S/c1-3-4-10-21(24)23-13-14-27-22(23)18-11-12-19(20(15-18)25-2)26-16-17-8-6-5-7-9-17/h5-9,11-12,15,22H,3-4,10,13-14,16H2,1-2H3/t22-/m1/s1. The molecule has 1 atom stereocenters. The van der Waals surface area contributed by atoms with Crippen LogP contribution in [-0.2, 0) is 11.4 Å². The van der Waals surface area contributed by atoms with Gasteiger partial charge in [-0.1, -0.05) is 49.7 Å². The molecule has 0 unspecified atom stereocenters. The first-order chi connectivity index (χ1) is 13.2. The third-order valence-corrected chi connectivity index (χ3v) is 5.93. The molecule has 0 spiro atoms. The molecule has 5 heteroatoms. The summed E-state index contributed by atoms with van der Waals surface area (Å²) >= 11 is 1.81. The van der Waals surface area contributed by atoms with Crippen molar-refractivity contribution >= 4 is 17.7 Å². The molecule has 27 heavy (non-hydrogen) atoms. The maximum Gasteiger partial charge on any atom is 0.223 e. The van der Waals surface area contributed by atoms with Crippen molar-refractivity contribution in [1.82, 2.24) is 4.90 Å². The molecule has 0 radical (unpaired) electrons. The van der Waals surface area contributed by atoms with Crippen LogP contribution in [0.4, 0.5) is 0 Å². The second kappa shape index (κ2) is 9.70. The smallest absolute Gasteiger partial charge is 0.223 e. The maximum absolute atomic E-state index is 12.5. The van der Waals surface area contributed by atoms with E-state index >= 15 is 0 Å². The van der Waals surface area contributed by atoms with Crippen LogP contribution in [0.2, 0.25) is 0 Å². The largest absolute Gasteiger partial charge is 0.493 e. The fourth-order valence-corrected chi connectivity index (χ4v) is 4.43. The number of rotatable bonds is 8. The normalized spacial score (nSPS) is 16.4. The molecule has 4 nitrogen and oxygen atoms in total. The Morgan fingerprint density at radius 3 is 2.74 bits per heavy atom. The first-order valence-electron chi connectivity index (χ1n) is 9.48. The van der Waals surface area contributed by atoms with Gasteiger partial charge in [-0.25, -0.2) is 0 Å². The molecule has 0 aliphatic carbocycles. The molecule has 3 rings (SSSR count). The molecule has 1 aliphatic heterocycles. The van der Waals surface area contributed by atoms with Gasteiger partial charge in [0.05, 0.1) is 7.11 Å². The van der Waals surface area contributed by atoms with Gasteiger partial charge in [-0.2, -0.15) is 0 Å². The van der Waals surface area contributed by atoms with Crippen molar-refractivity contribution in [1.29, 1.82) is 0 Å². The fraction of sp³-hybridized carbons (Fsp3) is 0.409. The molecule has 2 aromatic rings. The minimum Gasteiger partial charge on any atom is -0.493 e. The molecule has 1 aliphatic rings. The Labute approximate surface area is 165 Å². The van der Waals surface area contributed by atoms with Crippen molar-refractivity contribution in [2.24, 2.45) is 0 Å². The van der Waals surface area contributed by atoms with Gasteiger partial charge in [0.2, 0.25) is 5.91 Å². The molecular formula is C22H27NO3S. The van der Waals surface area contributed by atoms with E-state index in [-0.39, 0.29) is 11.3 Å². The van der Waals surface area contributed by atoms with Gasteiger partial charge in [0.1, 0.15) is 12.0 Å². The minimum absolute atomic E-state index is 0.0615. The van der Waals surface area contributed by atoms with Crippen molar-refractivity contribution in [2.75, 3.05) is 19.4 Å². The average molecular weight is 386 g/mol. The maximum atomic E-state index is 12.5. The first-order valence-corrected chi connectivity index (χ1v) is 10.5. The average Bonchev–Trinajstić information content (AvgIpc) is 3.21. The molecule has 0 aromatic heterocycles. The Balaban J connectivity index is 1.72. The van der Waals surface area contributed by atoms with Crippen molar-refractivity contribution in [2.45, 2.75) is 38.2 Å². The van der Waals surface area contributed by atoms with Crippen LogP contribution in [0, 0.1) is 0 Å². The van der Waals surface area contributed by atoms with Gasteiger partial charge in [0.15, 0.2) is 11.5 Å². The van der Waals surface area contributed by atoms with Crippen LogP contribution in [0.25, 0.3) is 0 Å². The molecule has 0 bridgehead atoms. The molecule has 0 N–H and O–H groups in total. The highest BCUT2D eigenvalue weighted by Gasteiger charge is 2.30. The summed E-state index contributed by atoms with van der Waals surface area (Å²) in [5.74, 6) is 2.64. The summed E-state index contributed by atoms with van der Waals surface area (Å²) in [5.41, 5.74) is 2.20. The highest BCUT2D eigenvalue weighted by Crippen LogP contribution is 2.41. The van der Waals surface area contributed by atoms with Gasteiger partial charge in [-0.15, -0.1) is 11.8 Å². The van der Waals surface area contributed by atoms with Crippen LogP contribution >= 0.6 is 11.8 Å². The Morgan fingerprint density at radius 2 is 2.00 bits per heavy atom. The van der Waals surface area contributed by atoms with Crippen molar-refractivity contribution in [3.63, 3.8) is 0 Å². The molecule has 144 valence electrons. The molecule has 2 aromatic carbocycles. The first kappa shape index (κ1) is 19.6. The lowest BCUT2D eigenvalue weighted by molar-refractivity contribution is -0.131. The summed E-state index contributed by atoms with van der Waals surface area (Å²) in [5, 5.41) is 0.0615. The van der Waals surface area contributed by atoms with E-state index in [2.05, 4.69) is 6.92 Å². The lowest BCUT2D eigenvalue weighted by Gasteiger charge is -2.25. The Kier molecular flexibility index (Phi) is 7.04. The van der Waals surface area contributed by atoms with E-state index in [0.29, 0.717) is 18.8 Å². The minimum atomic E-state index is 0.0615. The van der Waals surface area contributed by atoms with E-state index in [1.54, 1.807) is 7.11 Å². The quantitative estimate of drug-likeness (QED) is 0.638. The van der Waals surface area contributed by atoms with Crippen LogP contribution in [0.3, 0.4) is 0 Å². The Morgan fingerprint density at radius 1 is 1.19 bits per heavy atom. The number of unbranched alkanes of at least 4 members (excludes halogenated alkanes) is 1. The van der Waals surface area contributed by atoms with Gasteiger partial charge in [0.25, 0.3) is 0 Å². The Hall–Kier alpha value is -2.14. The van der Waals surface area contributed by atoms with Gasteiger partial charge >= 0.3 is 0 Å². The van der Waals surface area contributed by atoms with E-state index < -0.39 is 0 Å². The summed E-state index contributed by atoms with van der Waals surface area (Å²) in [6.07, 6.45) is 2.62. The fourth-order valence-electron chi connectivity index (χ4n) is 3.17. The highest BCUT2D eigenvalue weighted by molar-refractivity contribution is 7.99. The van der Waals surface area contributed by atoms with E-state index in [0.717, 1.165) is 42.0 Å². The predicted octanol–water partition coefficient (Wildman–Crippen LogP) is 5.04. The summed E-state index contributed by atoms with van der Waals surface area (Å²) in [6.45, 7) is 3.42. The number of carbonyl (C=O) groups is 1. The third kappa shape index (κ3) is 4.98. The van der Waals surface area contributed by atoms with E-state index in [1.807, 2.05) is 65.2 Å². The lowest BCUT2D eigenvalue weighted by atomic mass is 10.1. The topological polar surface area (TPSA) is 38.8 Å². The van der Waals surface area contributed by atoms with Gasteiger partial charge in [-0.3, -0.25) is 4.79 Å². The summed E-state index contributed by atoms with van der Waals surface area (Å²) in [6, 6.07) is 16.1. The zero-order valence-electron chi connectivity index (χ0n) is 16.0. The van der Waals surface area contributed by atoms with Crippen LogP contribution in [-0.4, -0.2) is 30.2 Å². The SMILES string of the molecule is CCCCC(=O)N1CCS[C@@H]1c1ccc(OCc2ccccc2)c(OC)c1. The van der Waals surface area contributed by atoms with Crippen LogP contribution in [0.1, 0.15) is 42.7 Å². The van der Waals surface area contributed by atoms with Crippen molar-refractivity contribution in [3.05, 3.63) is 59.7 Å². The van der Waals surface area contributed by atoms with Crippen LogP contribution in [0.5, 0.6) is 11.5 Å². The number of hydrogen-bond donors (Lipinski definition) is 0. The van der Waals surface area contributed by atoms with Crippen LogP contribution in [0.15, 0.2) is 48.5 Å². The van der Waals surface area contributed by atoms with Crippen molar-refractivity contribution < 1.29 is 14.3 Å². The number of benzene rings is 2.